The second kappa shape index (κ2) is 10.6. The first-order chi connectivity index (χ1) is 15.4. The summed E-state index contributed by atoms with van der Waals surface area (Å²) in [5, 5.41) is 9.48. The highest BCUT2D eigenvalue weighted by molar-refractivity contribution is 7.89. The lowest BCUT2D eigenvalue weighted by Gasteiger charge is -2.43. The summed E-state index contributed by atoms with van der Waals surface area (Å²) in [5.74, 6) is 5.28. The van der Waals surface area contributed by atoms with Crippen LogP contribution in [0.2, 0.25) is 0 Å². The van der Waals surface area contributed by atoms with Crippen molar-refractivity contribution in [2.75, 3.05) is 6.61 Å². The Labute approximate surface area is 188 Å². The van der Waals surface area contributed by atoms with Crippen molar-refractivity contribution in [3.05, 3.63) is 54.4 Å². The number of pyridine rings is 1. The van der Waals surface area contributed by atoms with E-state index >= 15 is 0 Å². The Hall–Kier alpha value is -2.93. The van der Waals surface area contributed by atoms with Gasteiger partial charge in [0.1, 0.15) is 17.9 Å². The van der Waals surface area contributed by atoms with Gasteiger partial charge < -0.3 is 4.74 Å². The molecule has 0 aliphatic heterocycles. The lowest BCUT2D eigenvalue weighted by molar-refractivity contribution is -0.141. The fourth-order valence-electron chi connectivity index (χ4n) is 3.98. The van der Waals surface area contributed by atoms with Crippen LogP contribution in [0.5, 0.6) is 5.75 Å². The number of amides is 1. The van der Waals surface area contributed by atoms with E-state index in [1.807, 2.05) is 0 Å². The molecule has 0 bridgehead atoms. The molecule has 2 aromatic rings. The third-order valence-corrected chi connectivity index (χ3v) is 7.56. The van der Waals surface area contributed by atoms with Crippen LogP contribution in [0.4, 0.5) is 0 Å². The molecular weight excluding hydrogens is 430 g/mol. The van der Waals surface area contributed by atoms with Gasteiger partial charge in [0.25, 0.3) is 5.91 Å². The molecule has 0 spiro atoms. The van der Waals surface area contributed by atoms with Crippen molar-refractivity contribution in [1.29, 1.82) is 0 Å². The number of benzene rings is 1. The Morgan fingerprint density at radius 2 is 1.94 bits per heavy atom. The second-order valence-corrected chi connectivity index (χ2v) is 9.46. The molecule has 1 amide bonds. The molecule has 0 atom stereocenters. The molecule has 9 heteroatoms. The second-order valence-electron chi connectivity index (χ2n) is 7.59. The number of ether oxygens (including phenoxy) is 1. The van der Waals surface area contributed by atoms with Crippen LogP contribution in [-0.2, 0) is 21.4 Å². The highest BCUT2D eigenvalue weighted by Gasteiger charge is 2.50. The van der Waals surface area contributed by atoms with Crippen molar-refractivity contribution in [2.24, 2.45) is 0 Å². The average molecular weight is 458 g/mol. The number of aromatic nitrogens is 1. The summed E-state index contributed by atoms with van der Waals surface area (Å²) in [6.07, 6.45) is 6.05. The van der Waals surface area contributed by atoms with Gasteiger partial charge >= 0.3 is 0 Å². The topological polar surface area (TPSA) is 109 Å². The van der Waals surface area contributed by atoms with Crippen LogP contribution < -0.4 is 10.2 Å². The number of rotatable bonds is 8. The summed E-state index contributed by atoms with van der Waals surface area (Å²) < 4.78 is 34.3. The lowest BCUT2D eigenvalue weighted by Crippen LogP contribution is -2.60. The maximum Gasteiger partial charge on any atom is 0.264 e. The molecule has 1 aromatic heterocycles. The molecule has 0 saturated heterocycles. The zero-order valence-corrected chi connectivity index (χ0v) is 18.8. The van der Waals surface area contributed by atoms with Crippen molar-refractivity contribution in [1.82, 2.24) is 14.8 Å². The smallest absolute Gasteiger partial charge is 0.264 e. The largest absolute Gasteiger partial charge is 0.481 e. The van der Waals surface area contributed by atoms with E-state index in [4.69, 9.17) is 4.74 Å². The molecule has 1 aromatic carbocycles. The number of sulfonamides is 1. The van der Waals surface area contributed by atoms with E-state index in [9.17, 15) is 18.4 Å². The highest BCUT2D eigenvalue weighted by Crippen LogP contribution is 2.39. The first-order valence-electron chi connectivity index (χ1n) is 10.4. The molecule has 8 nitrogen and oxygen atoms in total. The summed E-state index contributed by atoms with van der Waals surface area (Å²) in [5.41, 5.74) is 0.958. The molecular formula is C23H27N3O5S. The summed E-state index contributed by atoms with van der Waals surface area (Å²) in [6, 6.07) is 9.50. The van der Waals surface area contributed by atoms with Crippen LogP contribution in [0, 0.1) is 11.8 Å². The van der Waals surface area contributed by atoms with E-state index in [0.29, 0.717) is 37.0 Å². The van der Waals surface area contributed by atoms with Gasteiger partial charge in [-0.05, 0) is 55.7 Å². The molecule has 1 aliphatic rings. The first-order valence-corrected chi connectivity index (χ1v) is 11.9. The Balaban J connectivity index is 2.03. The van der Waals surface area contributed by atoms with Crippen molar-refractivity contribution in [2.45, 2.75) is 56.0 Å². The summed E-state index contributed by atoms with van der Waals surface area (Å²) in [4.78, 5) is 17.0. The predicted octanol–water partition coefficient (Wildman–Crippen LogP) is 2.88. The minimum atomic E-state index is -4.10. The van der Waals surface area contributed by atoms with E-state index in [-0.39, 0.29) is 18.0 Å². The van der Waals surface area contributed by atoms with E-state index in [2.05, 4.69) is 16.8 Å². The number of nitrogens with zero attached hydrogens (tertiary/aromatic N) is 2. The fraction of sp³-hybridized carbons (Fsp3) is 0.391. The average Bonchev–Trinajstić information content (AvgIpc) is 2.83. The molecule has 0 radical (unpaired) electrons. The number of hydrogen-bond donors (Lipinski definition) is 2. The Kier molecular flexibility index (Phi) is 7.85. The molecule has 3 rings (SSSR count). The normalized spacial score (nSPS) is 15.5. The fourth-order valence-corrected chi connectivity index (χ4v) is 5.76. The van der Waals surface area contributed by atoms with Crippen LogP contribution in [0.1, 0.15) is 44.6 Å². The van der Waals surface area contributed by atoms with Gasteiger partial charge in [-0.15, -0.1) is 5.92 Å². The third-order valence-electron chi connectivity index (χ3n) is 5.63. The predicted molar refractivity (Wildman–Crippen MR) is 118 cm³/mol. The lowest BCUT2D eigenvalue weighted by atomic mass is 9.81. The van der Waals surface area contributed by atoms with Crippen molar-refractivity contribution < 1.29 is 23.2 Å². The zero-order valence-electron chi connectivity index (χ0n) is 18.0. The molecule has 170 valence electrons. The number of hydrogen-bond acceptors (Lipinski definition) is 6. The number of carbonyl (C=O) groups excluding carboxylic acids is 1. The van der Waals surface area contributed by atoms with Gasteiger partial charge in [-0.1, -0.05) is 31.2 Å². The molecule has 1 fully saturated rings. The van der Waals surface area contributed by atoms with E-state index in [1.165, 1.54) is 16.4 Å². The summed E-state index contributed by atoms with van der Waals surface area (Å²) >= 11 is 0. The minimum Gasteiger partial charge on any atom is -0.481 e. The van der Waals surface area contributed by atoms with Crippen molar-refractivity contribution >= 4 is 15.9 Å². The number of carbonyl (C=O) groups is 1. The molecule has 32 heavy (non-hydrogen) atoms. The van der Waals surface area contributed by atoms with Gasteiger partial charge in [0, 0.05) is 18.9 Å². The summed E-state index contributed by atoms with van der Waals surface area (Å²) in [7, 11) is -4.10. The Morgan fingerprint density at radius 1 is 1.22 bits per heavy atom. The molecule has 2 N–H and O–H groups in total. The number of nitrogens with one attached hydrogen (secondary N) is 1. The molecule has 1 saturated carbocycles. The van der Waals surface area contributed by atoms with Gasteiger partial charge in [0.05, 0.1) is 4.90 Å². The van der Waals surface area contributed by atoms with Gasteiger partial charge in [0.2, 0.25) is 10.0 Å². The van der Waals surface area contributed by atoms with Crippen LogP contribution in [0.25, 0.3) is 0 Å². The van der Waals surface area contributed by atoms with Gasteiger partial charge in [0.15, 0.2) is 0 Å². The Morgan fingerprint density at radius 3 is 2.53 bits per heavy atom. The molecule has 1 heterocycles. The van der Waals surface area contributed by atoms with Gasteiger partial charge in [-0.3, -0.25) is 15.0 Å². The van der Waals surface area contributed by atoms with Crippen molar-refractivity contribution in [3.8, 4) is 17.6 Å². The maximum absolute atomic E-state index is 13.8. The Bertz CT molecular complexity index is 1070. The molecule has 1 aliphatic carbocycles. The van der Waals surface area contributed by atoms with E-state index < -0.39 is 21.5 Å². The minimum absolute atomic E-state index is 0.0333. The van der Waals surface area contributed by atoms with Gasteiger partial charge in [-0.25, -0.2) is 13.9 Å². The van der Waals surface area contributed by atoms with Crippen LogP contribution in [-0.4, -0.2) is 41.0 Å². The standard InChI is InChI=1S/C23H27N3O5S/c1-2-3-16-31-20-9-11-21(12-10-20)32(29,30)26(18-19-8-7-15-24-17-19)23(22(27)25-28)13-5-4-6-14-23/h7-12,15,17,28H,4-6,13-14,16,18H2,1H3,(H,25,27). The van der Waals surface area contributed by atoms with E-state index in [1.54, 1.807) is 49.1 Å². The SMILES string of the molecule is CC#CCOc1ccc(S(=O)(=O)N(Cc2cccnc2)C2(C(=O)NO)CCCCC2)cc1. The summed E-state index contributed by atoms with van der Waals surface area (Å²) in [6.45, 7) is 1.86. The monoisotopic (exact) mass is 457 g/mol. The van der Waals surface area contributed by atoms with Crippen LogP contribution in [0.15, 0.2) is 53.7 Å². The first kappa shape index (κ1) is 23.7. The quantitative estimate of drug-likeness (QED) is 0.358. The van der Waals surface area contributed by atoms with Crippen molar-refractivity contribution in [3.63, 3.8) is 0 Å². The van der Waals surface area contributed by atoms with Crippen LogP contribution in [0.3, 0.4) is 0 Å². The number of hydroxylamine groups is 1. The zero-order chi connectivity index (χ0) is 23.0. The highest BCUT2D eigenvalue weighted by atomic mass is 32.2. The van der Waals surface area contributed by atoms with E-state index in [0.717, 1.165) is 6.42 Å². The van der Waals surface area contributed by atoms with Crippen LogP contribution >= 0.6 is 0 Å². The third kappa shape index (κ3) is 5.10. The molecule has 0 unspecified atom stereocenters. The maximum atomic E-state index is 13.8. The van der Waals surface area contributed by atoms with Gasteiger partial charge in [-0.2, -0.15) is 4.31 Å².